The third-order valence-electron chi connectivity index (χ3n) is 3.55. The summed E-state index contributed by atoms with van der Waals surface area (Å²) in [6.07, 6.45) is 2.87. The normalized spacial score (nSPS) is 14.2. The van der Waals surface area contributed by atoms with E-state index in [0.717, 1.165) is 18.8 Å². The van der Waals surface area contributed by atoms with E-state index in [1.165, 1.54) is 29.5 Å². The molecule has 0 unspecified atom stereocenters. The number of benzene rings is 2. The number of hydrogen-bond donors (Lipinski definition) is 1. The molecule has 3 rings (SSSR count). The number of nitrogens with one attached hydrogen (secondary N) is 1. The first-order valence-electron chi connectivity index (χ1n) is 7.42. The van der Waals surface area contributed by atoms with Gasteiger partial charge in [-0.1, -0.05) is 43.3 Å². The van der Waals surface area contributed by atoms with Gasteiger partial charge in [0.2, 0.25) is 0 Å². The van der Waals surface area contributed by atoms with Crippen LogP contribution in [-0.4, -0.2) is 12.6 Å². The highest BCUT2D eigenvalue weighted by atomic mass is 16.5. The lowest BCUT2D eigenvalue weighted by molar-refractivity contribution is 0.303. The van der Waals surface area contributed by atoms with Gasteiger partial charge in [-0.3, -0.25) is 0 Å². The van der Waals surface area contributed by atoms with Crippen LogP contribution in [0.2, 0.25) is 0 Å². The van der Waals surface area contributed by atoms with E-state index < -0.39 is 0 Å². The van der Waals surface area contributed by atoms with Crippen molar-refractivity contribution in [2.75, 3.05) is 6.54 Å². The highest BCUT2D eigenvalue weighted by Gasteiger charge is 2.23. The van der Waals surface area contributed by atoms with Crippen molar-refractivity contribution in [3.05, 3.63) is 54.1 Å². The SMILES string of the molecule is CCNCc1ccc(-c2ccc(OC3CC3)cc2)cc1. The predicted molar refractivity (Wildman–Crippen MR) is 82.9 cm³/mol. The van der Waals surface area contributed by atoms with Crippen LogP contribution in [0.1, 0.15) is 25.3 Å². The van der Waals surface area contributed by atoms with E-state index in [2.05, 4.69) is 60.8 Å². The molecule has 0 heterocycles. The highest BCUT2D eigenvalue weighted by Crippen LogP contribution is 2.28. The second kappa shape index (κ2) is 6.10. The first kappa shape index (κ1) is 13.2. The molecule has 2 nitrogen and oxygen atoms in total. The van der Waals surface area contributed by atoms with Crippen LogP contribution in [-0.2, 0) is 6.54 Å². The van der Waals surface area contributed by atoms with Gasteiger partial charge in [-0.05, 0) is 48.2 Å². The molecule has 1 fully saturated rings. The second-order valence-corrected chi connectivity index (χ2v) is 5.32. The molecule has 1 N–H and O–H groups in total. The summed E-state index contributed by atoms with van der Waals surface area (Å²) in [4.78, 5) is 0. The molecular formula is C18H21NO. The Bertz CT molecular complexity index is 541. The molecule has 0 bridgehead atoms. The summed E-state index contributed by atoms with van der Waals surface area (Å²) < 4.78 is 5.77. The minimum atomic E-state index is 0.464. The molecule has 20 heavy (non-hydrogen) atoms. The summed E-state index contributed by atoms with van der Waals surface area (Å²) in [6.45, 7) is 4.06. The van der Waals surface area contributed by atoms with Gasteiger partial charge in [-0.25, -0.2) is 0 Å². The Morgan fingerprint density at radius 2 is 1.55 bits per heavy atom. The fraction of sp³-hybridized carbons (Fsp3) is 0.333. The van der Waals surface area contributed by atoms with Crippen molar-refractivity contribution < 1.29 is 4.74 Å². The summed E-state index contributed by atoms with van der Waals surface area (Å²) in [6, 6.07) is 17.2. The maximum Gasteiger partial charge on any atom is 0.119 e. The van der Waals surface area contributed by atoms with Gasteiger partial charge in [-0.15, -0.1) is 0 Å². The molecule has 2 aromatic carbocycles. The van der Waals surface area contributed by atoms with Crippen LogP contribution < -0.4 is 10.1 Å². The van der Waals surface area contributed by atoms with Gasteiger partial charge in [0.05, 0.1) is 6.10 Å². The lowest BCUT2D eigenvalue weighted by Gasteiger charge is -2.07. The first-order chi connectivity index (χ1) is 9.85. The Kier molecular flexibility index (Phi) is 4.03. The van der Waals surface area contributed by atoms with Crippen molar-refractivity contribution in [1.82, 2.24) is 5.32 Å². The minimum Gasteiger partial charge on any atom is -0.490 e. The minimum absolute atomic E-state index is 0.464. The van der Waals surface area contributed by atoms with Gasteiger partial charge in [0.15, 0.2) is 0 Å². The van der Waals surface area contributed by atoms with E-state index in [1.807, 2.05) is 0 Å². The molecule has 0 spiro atoms. The summed E-state index contributed by atoms with van der Waals surface area (Å²) in [7, 11) is 0. The molecule has 0 radical (unpaired) electrons. The predicted octanol–water partition coefficient (Wildman–Crippen LogP) is 4.00. The monoisotopic (exact) mass is 267 g/mol. The Labute approximate surface area is 120 Å². The van der Waals surface area contributed by atoms with Gasteiger partial charge in [0.25, 0.3) is 0 Å². The molecule has 0 amide bonds. The number of rotatable bonds is 6. The topological polar surface area (TPSA) is 21.3 Å². The average Bonchev–Trinajstić information content (AvgIpc) is 3.31. The molecule has 0 atom stereocenters. The van der Waals surface area contributed by atoms with Crippen LogP contribution in [0.4, 0.5) is 0 Å². The van der Waals surface area contributed by atoms with Crippen molar-refractivity contribution in [2.45, 2.75) is 32.4 Å². The lowest BCUT2D eigenvalue weighted by Crippen LogP contribution is -2.11. The standard InChI is InChI=1S/C18H21NO/c1-2-19-13-14-3-5-15(6-4-14)16-7-9-17(10-8-16)20-18-11-12-18/h3-10,18-19H,2,11-13H2,1H3. The van der Waals surface area contributed by atoms with Crippen LogP contribution in [0.5, 0.6) is 5.75 Å². The fourth-order valence-electron chi connectivity index (χ4n) is 2.19. The summed E-state index contributed by atoms with van der Waals surface area (Å²) in [5.41, 5.74) is 3.82. The van der Waals surface area contributed by atoms with E-state index in [4.69, 9.17) is 4.74 Å². The average molecular weight is 267 g/mol. The largest absolute Gasteiger partial charge is 0.490 e. The highest BCUT2D eigenvalue weighted by molar-refractivity contribution is 5.64. The van der Waals surface area contributed by atoms with E-state index in [0.29, 0.717) is 6.10 Å². The second-order valence-electron chi connectivity index (χ2n) is 5.32. The van der Waals surface area contributed by atoms with Crippen LogP contribution in [0.3, 0.4) is 0 Å². The van der Waals surface area contributed by atoms with Crippen molar-refractivity contribution >= 4 is 0 Å². The van der Waals surface area contributed by atoms with Gasteiger partial charge < -0.3 is 10.1 Å². The van der Waals surface area contributed by atoms with Gasteiger partial charge in [0, 0.05) is 6.54 Å². The van der Waals surface area contributed by atoms with Gasteiger partial charge in [0.1, 0.15) is 5.75 Å². The van der Waals surface area contributed by atoms with Crippen LogP contribution in [0.15, 0.2) is 48.5 Å². The molecule has 1 saturated carbocycles. The molecule has 1 aliphatic carbocycles. The first-order valence-corrected chi connectivity index (χ1v) is 7.42. The quantitative estimate of drug-likeness (QED) is 0.854. The van der Waals surface area contributed by atoms with E-state index >= 15 is 0 Å². The molecule has 104 valence electrons. The molecule has 2 aromatic rings. The van der Waals surface area contributed by atoms with Crippen molar-refractivity contribution in [3.8, 4) is 16.9 Å². The molecule has 0 aromatic heterocycles. The van der Waals surface area contributed by atoms with Crippen molar-refractivity contribution in [2.24, 2.45) is 0 Å². The van der Waals surface area contributed by atoms with E-state index in [-0.39, 0.29) is 0 Å². The van der Waals surface area contributed by atoms with Crippen LogP contribution in [0.25, 0.3) is 11.1 Å². The Morgan fingerprint density at radius 3 is 2.10 bits per heavy atom. The Morgan fingerprint density at radius 1 is 0.950 bits per heavy atom. The summed E-state index contributed by atoms with van der Waals surface area (Å²) in [5, 5.41) is 3.34. The van der Waals surface area contributed by atoms with Crippen molar-refractivity contribution in [1.29, 1.82) is 0 Å². The molecule has 1 aliphatic rings. The van der Waals surface area contributed by atoms with Gasteiger partial charge >= 0.3 is 0 Å². The molecule has 0 aliphatic heterocycles. The molecular weight excluding hydrogens is 246 g/mol. The van der Waals surface area contributed by atoms with E-state index in [1.54, 1.807) is 0 Å². The Balaban J connectivity index is 1.68. The maximum atomic E-state index is 5.77. The zero-order valence-electron chi connectivity index (χ0n) is 11.9. The van der Waals surface area contributed by atoms with Crippen LogP contribution in [0, 0.1) is 0 Å². The van der Waals surface area contributed by atoms with Gasteiger partial charge in [-0.2, -0.15) is 0 Å². The smallest absolute Gasteiger partial charge is 0.119 e. The maximum absolute atomic E-state index is 5.77. The zero-order chi connectivity index (χ0) is 13.8. The summed E-state index contributed by atoms with van der Waals surface area (Å²) >= 11 is 0. The lowest BCUT2D eigenvalue weighted by atomic mass is 10.0. The van der Waals surface area contributed by atoms with Crippen molar-refractivity contribution in [3.63, 3.8) is 0 Å². The third-order valence-corrected chi connectivity index (χ3v) is 3.55. The zero-order valence-corrected chi connectivity index (χ0v) is 11.9. The number of ether oxygens (including phenoxy) is 1. The third kappa shape index (κ3) is 3.40. The molecule has 2 heteroatoms. The summed E-state index contributed by atoms with van der Waals surface area (Å²) in [5.74, 6) is 0.986. The van der Waals surface area contributed by atoms with E-state index in [9.17, 15) is 0 Å². The molecule has 0 saturated heterocycles. The number of hydrogen-bond acceptors (Lipinski definition) is 2. The Hall–Kier alpha value is -1.80. The van der Waals surface area contributed by atoms with Crippen LogP contribution >= 0.6 is 0 Å². The fourth-order valence-corrected chi connectivity index (χ4v) is 2.19.